The average molecular weight is 255 g/mol. The van der Waals surface area contributed by atoms with E-state index in [2.05, 4.69) is 15.6 Å². The number of nitrogens with one attached hydrogen (secondary N) is 2. The molecule has 1 saturated carbocycles. The fourth-order valence-electron chi connectivity index (χ4n) is 1.06. The topological polar surface area (TPSA) is 67.4 Å². The Morgan fingerprint density at radius 1 is 1.40 bits per heavy atom. The van der Waals surface area contributed by atoms with Crippen molar-refractivity contribution >= 4 is 35.2 Å². The summed E-state index contributed by atoms with van der Waals surface area (Å²) in [5, 5.41) is 0. The number of carbonyl (C=O) groups is 2. The van der Waals surface area contributed by atoms with Crippen molar-refractivity contribution in [3.05, 3.63) is 0 Å². The molecule has 1 aliphatic rings. The molecule has 5 nitrogen and oxygen atoms in total. The fourth-order valence-corrected chi connectivity index (χ4v) is 1.77. The number of halogens is 2. The van der Waals surface area contributed by atoms with Crippen molar-refractivity contribution in [2.75, 3.05) is 6.61 Å². The van der Waals surface area contributed by atoms with Gasteiger partial charge in [0, 0.05) is 0 Å². The van der Waals surface area contributed by atoms with Crippen LogP contribution in [-0.4, -0.2) is 22.9 Å². The van der Waals surface area contributed by atoms with Crippen LogP contribution in [0.4, 0.5) is 4.79 Å². The molecule has 86 valence electrons. The molecular weight excluding hydrogens is 243 g/mol. The zero-order chi connectivity index (χ0) is 11.7. The number of ether oxygens (including phenoxy) is 1. The lowest BCUT2D eigenvalue weighted by atomic mass is 10.1. The molecule has 0 unspecified atom stereocenters. The van der Waals surface area contributed by atoms with Crippen LogP contribution < -0.4 is 10.9 Å². The van der Waals surface area contributed by atoms with Gasteiger partial charge in [-0.1, -0.05) is 0 Å². The first-order valence-corrected chi connectivity index (χ1v) is 5.20. The molecule has 0 radical (unpaired) electrons. The molecule has 1 atom stereocenters. The minimum Gasteiger partial charge on any atom is -0.449 e. The lowest BCUT2D eigenvalue weighted by Gasteiger charge is -2.12. The Kier molecular flexibility index (Phi) is 3.35. The third-order valence-corrected chi connectivity index (χ3v) is 3.41. The third-order valence-electron chi connectivity index (χ3n) is 2.31. The van der Waals surface area contributed by atoms with Crippen LogP contribution in [0, 0.1) is 5.41 Å². The predicted octanol–water partition coefficient (Wildman–Crippen LogP) is 1.35. The Hall–Kier alpha value is -0.680. The summed E-state index contributed by atoms with van der Waals surface area (Å²) in [4.78, 5) is 22.3. The highest BCUT2D eigenvalue weighted by Crippen LogP contribution is 2.63. The number of hydrogen-bond donors (Lipinski definition) is 2. The van der Waals surface area contributed by atoms with Crippen molar-refractivity contribution in [3.8, 4) is 0 Å². The van der Waals surface area contributed by atoms with Gasteiger partial charge in [0.25, 0.3) is 0 Å². The molecule has 0 heterocycles. The number of rotatable bonds is 2. The van der Waals surface area contributed by atoms with Gasteiger partial charge >= 0.3 is 6.09 Å². The molecule has 1 rings (SSSR count). The van der Waals surface area contributed by atoms with Gasteiger partial charge in [0.15, 0.2) is 0 Å². The van der Waals surface area contributed by atoms with Crippen molar-refractivity contribution in [1.29, 1.82) is 0 Å². The van der Waals surface area contributed by atoms with Gasteiger partial charge < -0.3 is 4.74 Å². The summed E-state index contributed by atoms with van der Waals surface area (Å²) in [6.45, 7) is 3.51. The van der Waals surface area contributed by atoms with Crippen LogP contribution in [0.2, 0.25) is 0 Å². The number of hydrogen-bond acceptors (Lipinski definition) is 3. The second-order valence-electron chi connectivity index (χ2n) is 3.51. The van der Waals surface area contributed by atoms with E-state index in [0.717, 1.165) is 0 Å². The summed E-state index contributed by atoms with van der Waals surface area (Å²) < 4.78 is 3.50. The van der Waals surface area contributed by atoms with Crippen LogP contribution >= 0.6 is 23.2 Å². The second kappa shape index (κ2) is 4.06. The standard InChI is InChI=1S/C8H12Cl2N2O3/c1-3-15-6(14)12-11-5(13)7(2)4-8(7,9)10/h3-4H2,1-2H3,(H,11,13)(H,12,14)/t7-/m0/s1. The van der Waals surface area contributed by atoms with Crippen LogP contribution in [0.25, 0.3) is 0 Å². The average Bonchev–Trinajstić information content (AvgIpc) is 2.64. The van der Waals surface area contributed by atoms with Crippen LogP contribution in [0.5, 0.6) is 0 Å². The van der Waals surface area contributed by atoms with E-state index in [4.69, 9.17) is 23.2 Å². The molecule has 15 heavy (non-hydrogen) atoms. The zero-order valence-corrected chi connectivity index (χ0v) is 9.91. The fraction of sp³-hybridized carbons (Fsp3) is 0.750. The maximum Gasteiger partial charge on any atom is 0.426 e. The largest absolute Gasteiger partial charge is 0.449 e. The molecule has 0 spiro atoms. The highest BCUT2D eigenvalue weighted by atomic mass is 35.5. The van der Waals surface area contributed by atoms with Gasteiger partial charge in [0.05, 0.1) is 12.0 Å². The second-order valence-corrected chi connectivity index (χ2v) is 5.00. The Bertz CT molecular complexity index is 296. The zero-order valence-electron chi connectivity index (χ0n) is 8.39. The minimum absolute atomic E-state index is 0.230. The summed E-state index contributed by atoms with van der Waals surface area (Å²) >= 11 is 11.6. The Labute approximate surface area is 97.4 Å². The van der Waals surface area contributed by atoms with Gasteiger partial charge in [-0.15, -0.1) is 23.2 Å². The van der Waals surface area contributed by atoms with Gasteiger partial charge in [-0.3, -0.25) is 10.2 Å². The molecule has 2 amide bonds. The van der Waals surface area contributed by atoms with E-state index in [9.17, 15) is 9.59 Å². The Morgan fingerprint density at radius 3 is 2.33 bits per heavy atom. The third kappa shape index (κ3) is 2.46. The van der Waals surface area contributed by atoms with E-state index in [1.165, 1.54) is 0 Å². The quantitative estimate of drug-likeness (QED) is 0.578. The van der Waals surface area contributed by atoms with Gasteiger partial charge in [0.2, 0.25) is 5.91 Å². The summed E-state index contributed by atoms with van der Waals surface area (Å²) in [6, 6.07) is 0. The van der Waals surface area contributed by atoms with Crippen LogP contribution in [0.3, 0.4) is 0 Å². The molecule has 2 N–H and O–H groups in total. The van der Waals surface area contributed by atoms with E-state index >= 15 is 0 Å². The first kappa shape index (κ1) is 12.4. The summed E-state index contributed by atoms with van der Waals surface area (Å²) in [7, 11) is 0. The maximum absolute atomic E-state index is 11.5. The molecule has 0 saturated heterocycles. The highest BCUT2D eigenvalue weighted by molar-refractivity contribution is 6.53. The Morgan fingerprint density at radius 2 is 1.93 bits per heavy atom. The minimum atomic E-state index is -1.05. The van der Waals surface area contributed by atoms with Crippen molar-refractivity contribution in [1.82, 2.24) is 10.9 Å². The molecule has 7 heteroatoms. The molecule has 0 aromatic rings. The molecule has 1 fully saturated rings. The van der Waals surface area contributed by atoms with Crippen molar-refractivity contribution < 1.29 is 14.3 Å². The van der Waals surface area contributed by atoms with E-state index in [0.29, 0.717) is 6.42 Å². The summed E-state index contributed by atoms with van der Waals surface area (Å²) in [5.74, 6) is -0.430. The normalized spacial score (nSPS) is 26.7. The molecule has 1 aliphatic carbocycles. The predicted molar refractivity (Wildman–Crippen MR) is 55.5 cm³/mol. The van der Waals surface area contributed by atoms with Gasteiger partial charge in [-0.2, -0.15) is 0 Å². The molecule has 0 aromatic heterocycles. The smallest absolute Gasteiger partial charge is 0.426 e. The van der Waals surface area contributed by atoms with Crippen LogP contribution in [-0.2, 0) is 9.53 Å². The van der Waals surface area contributed by atoms with Gasteiger partial charge in [-0.25, -0.2) is 10.2 Å². The maximum atomic E-state index is 11.5. The van der Waals surface area contributed by atoms with Gasteiger partial charge in [-0.05, 0) is 20.3 Å². The van der Waals surface area contributed by atoms with E-state index in [1.54, 1.807) is 13.8 Å². The number of amides is 2. The SMILES string of the molecule is CCOC(=O)NNC(=O)[C@]1(C)CC1(Cl)Cl. The summed E-state index contributed by atoms with van der Waals surface area (Å²) in [5.41, 5.74) is 3.43. The van der Waals surface area contributed by atoms with Crippen molar-refractivity contribution in [2.24, 2.45) is 5.41 Å². The number of hydrazine groups is 1. The lowest BCUT2D eigenvalue weighted by molar-refractivity contribution is -0.126. The van der Waals surface area contributed by atoms with Crippen LogP contribution in [0.15, 0.2) is 0 Å². The van der Waals surface area contributed by atoms with Gasteiger partial charge in [0.1, 0.15) is 4.33 Å². The molecule has 0 aliphatic heterocycles. The van der Waals surface area contributed by atoms with E-state index in [1.807, 2.05) is 0 Å². The first-order valence-electron chi connectivity index (χ1n) is 4.44. The monoisotopic (exact) mass is 254 g/mol. The number of alkyl halides is 2. The van der Waals surface area contributed by atoms with E-state index < -0.39 is 21.7 Å². The van der Waals surface area contributed by atoms with E-state index in [-0.39, 0.29) is 6.61 Å². The molecule has 0 aromatic carbocycles. The molecular formula is C8H12Cl2N2O3. The van der Waals surface area contributed by atoms with Crippen molar-refractivity contribution in [2.45, 2.75) is 24.6 Å². The summed E-state index contributed by atoms with van der Waals surface area (Å²) in [6.07, 6.45) is -0.357. The molecule has 0 bridgehead atoms. The van der Waals surface area contributed by atoms with Crippen LogP contribution in [0.1, 0.15) is 20.3 Å². The highest BCUT2D eigenvalue weighted by Gasteiger charge is 2.68. The Balaban J connectivity index is 2.35. The number of carbonyl (C=O) groups excluding carboxylic acids is 2. The van der Waals surface area contributed by atoms with Crippen molar-refractivity contribution in [3.63, 3.8) is 0 Å². The lowest BCUT2D eigenvalue weighted by Crippen LogP contribution is -2.46. The first-order chi connectivity index (χ1) is 6.83.